The summed E-state index contributed by atoms with van der Waals surface area (Å²) < 4.78 is 6.52. The lowest BCUT2D eigenvalue weighted by Crippen LogP contribution is -2.47. The van der Waals surface area contributed by atoms with Gasteiger partial charge in [-0.2, -0.15) is 0 Å². The summed E-state index contributed by atoms with van der Waals surface area (Å²) in [6.45, 7) is 7.20. The Balaban J connectivity index is 0.000000583. The molecule has 1 fully saturated rings. The molecule has 5 heteroatoms. The summed E-state index contributed by atoms with van der Waals surface area (Å²) in [6.07, 6.45) is 5.45. The Kier molecular flexibility index (Phi) is 8.22. The second-order valence-electron chi connectivity index (χ2n) is 4.07. The van der Waals surface area contributed by atoms with E-state index in [0.717, 1.165) is 12.1 Å². The first-order valence-electron chi connectivity index (χ1n) is 5.53. The van der Waals surface area contributed by atoms with E-state index >= 15 is 0 Å². The monoisotopic (exact) mass is 218 g/mol. The lowest BCUT2D eigenvalue weighted by Gasteiger charge is -2.33. The van der Waals surface area contributed by atoms with E-state index in [1.807, 2.05) is 7.11 Å². The quantitative estimate of drug-likeness (QED) is 0.404. The molecule has 0 N–H and O–H groups in total. The van der Waals surface area contributed by atoms with E-state index in [2.05, 4.69) is 6.92 Å². The minimum Gasteiger partial charge on any atom is -0.444 e. The van der Waals surface area contributed by atoms with E-state index < -0.39 is 0 Å². The normalized spacial score (nSPS) is 18.0. The van der Waals surface area contributed by atoms with E-state index in [0.29, 0.717) is 0 Å². The summed E-state index contributed by atoms with van der Waals surface area (Å²) in [6, 6.07) is 0. The van der Waals surface area contributed by atoms with Crippen molar-refractivity contribution in [3.8, 4) is 0 Å². The third kappa shape index (κ3) is 5.69. The van der Waals surface area contributed by atoms with E-state index in [1.54, 1.807) is 0 Å². The number of quaternary nitrogens is 1. The molecule has 1 saturated heterocycles. The van der Waals surface area contributed by atoms with Gasteiger partial charge in [-0.05, 0) is 6.42 Å². The number of likely N-dealkylation sites (tertiary alicyclic amines) is 1. The fourth-order valence-electron chi connectivity index (χ4n) is 2.19. The molecule has 15 heavy (non-hydrogen) atoms. The van der Waals surface area contributed by atoms with Crippen LogP contribution in [-0.2, 0) is 4.74 Å². The first-order chi connectivity index (χ1) is 7.24. The van der Waals surface area contributed by atoms with Gasteiger partial charge in [0.25, 0.3) is 0 Å². The smallest absolute Gasteiger partial charge is 0.182 e. The molecule has 0 aromatic heterocycles. The third-order valence-electron chi connectivity index (χ3n) is 2.90. The molecule has 1 aliphatic heterocycles. The van der Waals surface area contributed by atoms with Crippen LogP contribution in [0.25, 0.3) is 0 Å². The predicted octanol–water partition coefficient (Wildman–Crippen LogP) is 2.25. The minimum atomic E-state index is 0.931. The fraction of sp³-hybridized carbons (Fsp3) is 1.00. The Hall–Kier alpha value is -0.680. The molecule has 1 heterocycles. The molecule has 0 amide bonds. The van der Waals surface area contributed by atoms with Gasteiger partial charge in [-0.25, -0.2) is 0 Å². The topological polar surface area (TPSA) is 61.7 Å². The number of unbranched alkanes of at least 4 members (excludes halogenated alkanes) is 1. The van der Waals surface area contributed by atoms with Crippen molar-refractivity contribution in [3.63, 3.8) is 0 Å². The highest BCUT2D eigenvalue weighted by atomic mass is 16.6. The number of ether oxygens (including phenoxy) is 1. The van der Waals surface area contributed by atoms with Gasteiger partial charge < -0.3 is 19.3 Å². The zero-order chi connectivity index (χ0) is 11.6. The molecule has 0 saturated carbocycles. The molecule has 0 aliphatic carbocycles. The van der Waals surface area contributed by atoms with Gasteiger partial charge in [-0.3, -0.25) is 0 Å². The van der Waals surface area contributed by atoms with Crippen LogP contribution in [0.4, 0.5) is 0 Å². The van der Waals surface area contributed by atoms with Crippen molar-refractivity contribution in [1.29, 1.82) is 0 Å². The van der Waals surface area contributed by atoms with Crippen LogP contribution in [0.1, 0.15) is 32.6 Å². The van der Waals surface area contributed by atoms with E-state index in [1.165, 1.54) is 49.8 Å². The molecule has 1 aliphatic rings. The molecule has 5 nitrogen and oxygen atoms in total. The van der Waals surface area contributed by atoms with Gasteiger partial charge >= 0.3 is 0 Å². The second-order valence-corrected chi connectivity index (χ2v) is 4.07. The van der Waals surface area contributed by atoms with Gasteiger partial charge in [-0.1, -0.05) is 13.3 Å². The van der Waals surface area contributed by atoms with Crippen molar-refractivity contribution in [3.05, 3.63) is 10.1 Å². The number of hydrogen-bond acceptors (Lipinski definition) is 4. The standard InChI is InChI=1S/C10H22NO.HNO2/c1-3-4-7-11(10-12-2)8-5-6-9-11;2-1-3/h3-10H2,1-2H3;(H,2,3)/q+1;/p-1. The fourth-order valence-corrected chi connectivity index (χ4v) is 2.19. The van der Waals surface area contributed by atoms with Crippen molar-refractivity contribution >= 4 is 0 Å². The van der Waals surface area contributed by atoms with Crippen LogP contribution in [0.2, 0.25) is 0 Å². The van der Waals surface area contributed by atoms with Gasteiger partial charge in [0.2, 0.25) is 0 Å². The van der Waals surface area contributed by atoms with Crippen molar-refractivity contribution < 1.29 is 9.22 Å². The SMILES string of the molecule is CCCC[N+]1(COC)CCCC1.O=N[O-]. The minimum absolute atomic E-state index is 0.931. The van der Waals surface area contributed by atoms with Gasteiger partial charge in [0.15, 0.2) is 6.73 Å². The highest BCUT2D eigenvalue weighted by Gasteiger charge is 2.30. The van der Waals surface area contributed by atoms with Gasteiger partial charge in [0, 0.05) is 20.0 Å². The Morgan fingerprint density at radius 1 is 1.40 bits per heavy atom. The molecule has 0 spiro atoms. The van der Waals surface area contributed by atoms with Gasteiger partial charge in [0.05, 0.1) is 19.6 Å². The third-order valence-corrected chi connectivity index (χ3v) is 2.90. The average Bonchev–Trinajstić information content (AvgIpc) is 2.66. The molecule has 0 atom stereocenters. The first kappa shape index (κ1) is 14.3. The molecule has 0 bridgehead atoms. The maximum atomic E-state index is 8.00. The second kappa shape index (κ2) is 8.61. The predicted molar refractivity (Wildman–Crippen MR) is 60.0 cm³/mol. The summed E-state index contributed by atoms with van der Waals surface area (Å²) in [5, 5.41) is 9.00. The van der Waals surface area contributed by atoms with Gasteiger partial charge in [-0.15, -0.1) is 5.34 Å². The van der Waals surface area contributed by atoms with Gasteiger partial charge in [0.1, 0.15) is 0 Å². The van der Waals surface area contributed by atoms with Crippen molar-refractivity contribution in [1.82, 2.24) is 0 Å². The summed E-state index contributed by atoms with van der Waals surface area (Å²) >= 11 is 0. The van der Waals surface area contributed by atoms with Crippen LogP contribution < -0.4 is 0 Å². The molecule has 0 unspecified atom stereocenters. The zero-order valence-electron chi connectivity index (χ0n) is 9.78. The Labute approximate surface area is 91.6 Å². The number of rotatable bonds is 5. The maximum absolute atomic E-state index is 8.00. The Morgan fingerprint density at radius 3 is 2.33 bits per heavy atom. The van der Waals surface area contributed by atoms with Crippen LogP contribution in [0.3, 0.4) is 0 Å². The van der Waals surface area contributed by atoms with Crippen molar-refractivity contribution in [2.45, 2.75) is 32.6 Å². The first-order valence-corrected chi connectivity index (χ1v) is 5.53. The van der Waals surface area contributed by atoms with E-state index in [4.69, 9.17) is 14.9 Å². The molecular formula is C10H22N2O3. The number of methoxy groups -OCH3 is 1. The average molecular weight is 218 g/mol. The lowest BCUT2D eigenvalue weighted by atomic mass is 10.3. The van der Waals surface area contributed by atoms with Crippen LogP contribution in [0.5, 0.6) is 0 Å². The van der Waals surface area contributed by atoms with Crippen molar-refractivity contribution in [2.24, 2.45) is 5.34 Å². The van der Waals surface area contributed by atoms with Crippen LogP contribution in [0.15, 0.2) is 5.34 Å². The summed E-state index contributed by atoms with van der Waals surface area (Å²) in [5.74, 6) is 0. The molecular weight excluding hydrogens is 196 g/mol. The lowest BCUT2D eigenvalue weighted by molar-refractivity contribution is -0.934. The molecule has 0 radical (unpaired) electrons. The van der Waals surface area contributed by atoms with Crippen molar-refractivity contribution in [2.75, 3.05) is 33.5 Å². The van der Waals surface area contributed by atoms with Crippen LogP contribution in [-0.4, -0.2) is 38.0 Å². The number of nitrogens with zero attached hydrogens (tertiary/aromatic N) is 2. The van der Waals surface area contributed by atoms with E-state index in [9.17, 15) is 0 Å². The highest BCUT2D eigenvalue weighted by Crippen LogP contribution is 2.20. The Bertz CT molecular complexity index is 159. The summed E-state index contributed by atoms with van der Waals surface area (Å²) in [4.78, 5) is 8.00. The molecule has 0 aromatic carbocycles. The summed E-state index contributed by atoms with van der Waals surface area (Å²) in [5.41, 5.74) is 0. The molecule has 0 aromatic rings. The van der Waals surface area contributed by atoms with Crippen LogP contribution >= 0.6 is 0 Å². The van der Waals surface area contributed by atoms with Crippen LogP contribution in [0, 0.1) is 10.1 Å². The number of hydrogen-bond donors (Lipinski definition) is 0. The van der Waals surface area contributed by atoms with E-state index in [-0.39, 0.29) is 0 Å². The molecule has 90 valence electrons. The summed E-state index contributed by atoms with van der Waals surface area (Å²) in [7, 11) is 1.82. The Morgan fingerprint density at radius 2 is 1.93 bits per heavy atom. The highest BCUT2D eigenvalue weighted by molar-refractivity contribution is 4.52. The maximum Gasteiger partial charge on any atom is 0.182 e. The molecule has 1 rings (SSSR count). The zero-order valence-corrected chi connectivity index (χ0v) is 9.78. The largest absolute Gasteiger partial charge is 0.444 e.